The van der Waals surface area contributed by atoms with Crippen molar-refractivity contribution in [3.05, 3.63) is 266 Å². The molecule has 326 valence electrons. The highest BCUT2D eigenvalue weighted by Crippen LogP contribution is 2.41. The van der Waals surface area contributed by atoms with Crippen molar-refractivity contribution in [1.82, 2.24) is 4.57 Å². The zero-order chi connectivity index (χ0) is 45.7. The lowest BCUT2D eigenvalue weighted by Gasteiger charge is -2.34. The van der Waals surface area contributed by atoms with E-state index in [0.29, 0.717) is 0 Å². The number of fused-ring (bicyclic) bond motifs is 6. The van der Waals surface area contributed by atoms with Crippen LogP contribution < -0.4 is 4.90 Å². The summed E-state index contributed by atoms with van der Waals surface area (Å²) in [5.41, 5.74) is 19.4. The summed E-state index contributed by atoms with van der Waals surface area (Å²) in [5, 5.41) is 4.78. The van der Waals surface area contributed by atoms with Crippen LogP contribution in [0, 0.1) is 0 Å². The van der Waals surface area contributed by atoms with Crippen LogP contribution in [-0.2, 0) is 0 Å². The summed E-state index contributed by atoms with van der Waals surface area (Å²) in [6, 6.07) is 87.8. The van der Waals surface area contributed by atoms with Gasteiger partial charge in [-0.1, -0.05) is 206 Å². The molecule has 3 heteroatoms. The number of nitrogens with zero attached hydrogens (tertiary/aromatic N) is 2. The fourth-order valence-electron chi connectivity index (χ4n) is 10.6. The average Bonchev–Trinajstić information content (AvgIpc) is 3.98. The summed E-state index contributed by atoms with van der Waals surface area (Å²) in [5.74, 6) is 0. The zero-order valence-corrected chi connectivity index (χ0v) is 37.9. The van der Waals surface area contributed by atoms with Crippen molar-refractivity contribution >= 4 is 60.7 Å². The average molecular weight is 883 g/mol. The molecule has 0 bridgehead atoms. The smallest absolute Gasteiger partial charge is 0.143 e. The third-order valence-corrected chi connectivity index (χ3v) is 13.9. The van der Waals surface area contributed by atoms with E-state index in [1.165, 1.54) is 49.6 Å². The second-order valence-electron chi connectivity index (χ2n) is 18.0. The van der Waals surface area contributed by atoms with E-state index < -0.39 is 0 Å². The Morgan fingerprint density at radius 1 is 0.391 bits per heavy atom. The van der Waals surface area contributed by atoms with Crippen molar-refractivity contribution < 1.29 is 4.42 Å². The molecule has 1 atom stereocenters. The van der Waals surface area contributed by atoms with Crippen LogP contribution in [0.2, 0.25) is 0 Å². The van der Waals surface area contributed by atoms with E-state index in [2.05, 4.69) is 258 Å². The minimum atomic E-state index is 0.0557. The molecule has 10 aromatic carbocycles. The Balaban J connectivity index is 0.902. The van der Waals surface area contributed by atoms with Gasteiger partial charge in [-0.05, 0) is 106 Å². The quantitative estimate of drug-likeness (QED) is 0.144. The second-order valence-corrected chi connectivity index (χ2v) is 18.0. The minimum Gasteiger partial charge on any atom is -0.455 e. The molecule has 1 aliphatic rings. The van der Waals surface area contributed by atoms with Crippen LogP contribution in [0.4, 0.5) is 11.4 Å². The van der Waals surface area contributed by atoms with Crippen molar-refractivity contribution in [3.63, 3.8) is 0 Å². The van der Waals surface area contributed by atoms with Crippen LogP contribution in [0.25, 0.3) is 99.5 Å². The minimum absolute atomic E-state index is 0.0557. The molecule has 0 aliphatic heterocycles. The van der Waals surface area contributed by atoms with Crippen molar-refractivity contribution in [2.75, 3.05) is 4.90 Å². The lowest BCUT2D eigenvalue weighted by molar-refractivity contribution is 0.670. The van der Waals surface area contributed by atoms with Crippen molar-refractivity contribution in [2.45, 2.75) is 12.5 Å². The first kappa shape index (κ1) is 40.4. The Labute approximate surface area is 401 Å². The zero-order valence-electron chi connectivity index (χ0n) is 37.9. The molecule has 12 aromatic rings. The first-order valence-corrected chi connectivity index (χ1v) is 23.8. The van der Waals surface area contributed by atoms with Crippen molar-refractivity contribution in [2.24, 2.45) is 0 Å². The summed E-state index contributed by atoms with van der Waals surface area (Å²) in [4.78, 5) is 2.52. The lowest BCUT2D eigenvalue weighted by atomic mass is 9.93. The Bertz CT molecular complexity index is 3870. The number of aromatic nitrogens is 1. The maximum atomic E-state index is 6.46. The SMILES string of the molecule is C1=CC(c2ccc(-c3ccccc3)cc2)=CC(N(c2ccc(-c3cccc(-c4cccc5c4oc4ccccc45)c3)cc2)c2cccc(-c3ccccc3-n3c4ccccc4c4ccccc43)c2)C1. The molecule has 0 fully saturated rings. The maximum absolute atomic E-state index is 6.46. The van der Waals surface area contributed by atoms with Crippen LogP contribution in [0.1, 0.15) is 12.0 Å². The predicted molar refractivity (Wildman–Crippen MR) is 290 cm³/mol. The normalized spacial score (nSPS) is 13.6. The van der Waals surface area contributed by atoms with E-state index in [0.717, 1.165) is 73.2 Å². The first-order chi connectivity index (χ1) is 34.2. The highest BCUT2D eigenvalue weighted by atomic mass is 16.3. The number of hydrogen-bond donors (Lipinski definition) is 0. The molecule has 13 rings (SSSR count). The van der Waals surface area contributed by atoms with Gasteiger partial charge >= 0.3 is 0 Å². The van der Waals surface area contributed by atoms with E-state index >= 15 is 0 Å². The molecule has 2 aromatic heterocycles. The van der Waals surface area contributed by atoms with Gasteiger partial charge in [0.2, 0.25) is 0 Å². The molecule has 0 saturated carbocycles. The Kier molecular flexibility index (Phi) is 9.98. The molecule has 0 saturated heterocycles. The number of hydrogen-bond acceptors (Lipinski definition) is 2. The largest absolute Gasteiger partial charge is 0.455 e. The summed E-state index contributed by atoms with van der Waals surface area (Å²) >= 11 is 0. The van der Waals surface area contributed by atoms with Crippen LogP contribution in [0.5, 0.6) is 0 Å². The summed E-state index contributed by atoms with van der Waals surface area (Å²) in [7, 11) is 0. The second kappa shape index (κ2) is 17.1. The van der Waals surface area contributed by atoms with Gasteiger partial charge in [-0.3, -0.25) is 0 Å². The first-order valence-electron chi connectivity index (χ1n) is 23.8. The van der Waals surface area contributed by atoms with Gasteiger partial charge in [0.25, 0.3) is 0 Å². The molecular weight excluding hydrogens is 837 g/mol. The van der Waals surface area contributed by atoms with E-state index in [1.807, 2.05) is 12.1 Å². The molecule has 0 amide bonds. The molecule has 2 heterocycles. The van der Waals surface area contributed by atoms with Crippen LogP contribution in [0.3, 0.4) is 0 Å². The van der Waals surface area contributed by atoms with Gasteiger partial charge in [0.05, 0.1) is 22.8 Å². The standard InChI is InChI=1S/C66H46N2O/c1-2-16-45(17-3-1)46-34-36-47(37-35-46)50-19-13-22-54(43-50)67(53-40-38-48(39-41-53)49-18-12-20-51(42-49)57-28-15-29-61-60-27-7-11-33-65(60)69-66(57)61)55-23-14-21-52(44-55)56-24-4-8-30-62(56)68-63-31-9-5-25-58(63)59-26-6-10-32-64(59)68/h1-21,23-44,54H,22H2. The van der Waals surface area contributed by atoms with Crippen molar-refractivity contribution in [3.8, 4) is 50.2 Å². The van der Waals surface area contributed by atoms with Gasteiger partial charge in [0.15, 0.2) is 0 Å². The van der Waals surface area contributed by atoms with Gasteiger partial charge < -0.3 is 13.9 Å². The van der Waals surface area contributed by atoms with Crippen LogP contribution >= 0.6 is 0 Å². The highest BCUT2D eigenvalue weighted by Gasteiger charge is 2.23. The predicted octanol–water partition coefficient (Wildman–Crippen LogP) is 17.9. The molecule has 0 N–H and O–H groups in total. The van der Waals surface area contributed by atoms with Crippen molar-refractivity contribution in [1.29, 1.82) is 0 Å². The number of allylic oxidation sites excluding steroid dienone is 2. The maximum Gasteiger partial charge on any atom is 0.143 e. The molecule has 3 nitrogen and oxygen atoms in total. The number of anilines is 2. The number of benzene rings is 10. The molecule has 1 unspecified atom stereocenters. The monoisotopic (exact) mass is 882 g/mol. The summed E-state index contributed by atoms with van der Waals surface area (Å²) < 4.78 is 8.89. The summed E-state index contributed by atoms with van der Waals surface area (Å²) in [6.07, 6.45) is 7.94. The number of rotatable bonds is 9. The Morgan fingerprint density at radius 3 is 1.74 bits per heavy atom. The highest BCUT2D eigenvalue weighted by molar-refractivity contribution is 6.11. The van der Waals surface area contributed by atoms with E-state index in [-0.39, 0.29) is 6.04 Å². The van der Waals surface area contributed by atoms with Gasteiger partial charge in [-0.15, -0.1) is 0 Å². The molecule has 0 spiro atoms. The molecule has 69 heavy (non-hydrogen) atoms. The fraction of sp³-hybridized carbons (Fsp3) is 0.0303. The molecular formula is C66H46N2O. The fourth-order valence-corrected chi connectivity index (χ4v) is 10.6. The van der Waals surface area contributed by atoms with Gasteiger partial charge in [-0.25, -0.2) is 0 Å². The van der Waals surface area contributed by atoms with E-state index in [1.54, 1.807) is 0 Å². The topological polar surface area (TPSA) is 21.3 Å². The lowest BCUT2D eigenvalue weighted by Crippen LogP contribution is -2.30. The Hall–Kier alpha value is -8.92. The van der Waals surface area contributed by atoms with Gasteiger partial charge in [-0.2, -0.15) is 0 Å². The van der Waals surface area contributed by atoms with Gasteiger partial charge in [0.1, 0.15) is 11.2 Å². The number of para-hydroxylation sites is 5. The van der Waals surface area contributed by atoms with E-state index in [9.17, 15) is 0 Å². The molecule has 1 aliphatic carbocycles. The Morgan fingerprint density at radius 2 is 0.942 bits per heavy atom. The van der Waals surface area contributed by atoms with Gasteiger partial charge in [0, 0.05) is 44.0 Å². The van der Waals surface area contributed by atoms with E-state index in [4.69, 9.17) is 4.42 Å². The molecule has 0 radical (unpaired) electrons. The van der Waals surface area contributed by atoms with Crippen LogP contribution in [0.15, 0.2) is 265 Å². The van der Waals surface area contributed by atoms with Crippen LogP contribution in [-0.4, -0.2) is 10.6 Å². The summed E-state index contributed by atoms with van der Waals surface area (Å²) in [6.45, 7) is 0. The number of furan rings is 1. The third-order valence-electron chi connectivity index (χ3n) is 13.9. The third kappa shape index (κ3) is 7.24.